The third-order valence-corrected chi connectivity index (χ3v) is 4.60. The molecule has 2 aromatic rings. The zero-order valence-electron chi connectivity index (χ0n) is 15.5. The van der Waals surface area contributed by atoms with Crippen molar-refractivity contribution in [2.24, 2.45) is 0 Å². The average Bonchev–Trinajstić information content (AvgIpc) is 2.73. The first-order valence-electron chi connectivity index (χ1n) is 8.98. The van der Waals surface area contributed by atoms with Gasteiger partial charge < -0.3 is 14.5 Å². The summed E-state index contributed by atoms with van der Waals surface area (Å²) in [5.41, 5.74) is 0.819. The standard InChI is InChI=1S/C20H21ClN4O3/c1-15(28-18(26)8-5-16-3-6-17(21)7-4-16)19(27)24-11-13-25(14-12-24)20-22-9-2-10-23-20/h2-10,15H,11-14H2,1H3/b8-5+. The zero-order valence-corrected chi connectivity index (χ0v) is 16.2. The molecule has 146 valence electrons. The minimum atomic E-state index is -0.845. The maximum absolute atomic E-state index is 12.5. The Morgan fingerprint density at radius 3 is 2.39 bits per heavy atom. The topological polar surface area (TPSA) is 75.6 Å². The third kappa shape index (κ3) is 5.29. The summed E-state index contributed by atoms with van der Waals surface area (Å²) in [6.07, 6.45) is 5.46. The third-order valence-electron chi connectivity index (χ3n) is 4.35. The van der Waals surface area contributed by atoms with Gasteiger partial charge in [0.05, 0.1) is 0 Å². The molecule has 0 spiro atoms. The molecule has 1 aliphatic rings. The van der Waals surface area contributed by atoms with Gasteiger partial charge in [-0.05, 0) is 36.8 Å². The van der Waals surface area contributed by atoms with E-state index >= 15 is 0 Å². The van der Waals surface area contributed by atoms with E-state index in [0.717, 1.165) is 5.56 Å². The van der Waals surface area contributed by atoms with Crippen molar-refractivity contribution in [3.8, 4) is 0 Å². The summed E-state index contributed by atoms with van der Waals surface area (Å²) in [5, 5.41) is 0.623. The number of nitrogens with zero attached hydrogens (tertiary/aromatic N) is 4. The molecule has 0 bridgehead atoms. The van der Waals surface area contributed by atoms with Crippen LogP contribution in [0.15, 0.2) is 48.8 Å². The molecule has 1 fully saturated rings. The Morgan fingerprint density at radius 2 is 1.75 bits per heavy atom. The first-order valence-corrected chi connectivity index (χ1v) is 9.36. The van der Waals surface area contributed by atoms with Crippen LogP contribution in [-0.2, 0) is 14.3 Å². The van der Waals surface area contributed by atoms with E-state index in [9.17, 15) is 9.59 Å². The molecule has 1 saturated heterocycles. The van der Waals surface area contributed by atoms with Gasteiger partial charge in [-0.3, -0.25) is 4.79 Å². The number of piperazine rings is 1. The van der Waals surface area contributed by atoms with Crippen molar-refractivity contribution in [2.75, 3.05) is 31.1 Å². The summed E-state index contributed by atoms with van der Waals surface area (Å²) in [6.45, 7) is 3.90. The molecule has 28 heavy (non-hydrogen) atoms. The second-order valence-electron chi connectivity index (χ2n) is 6.33. The van der Waals surface area contributed by atoms with Crippen LogP contribution in [0.4, 0.5) is 5.95 Å². The molecule has 1 aliphatic heterocycles. The molecule has 0 saturated carbocycles. The highest BCUT2D eigenvalue weighted by atomic mass is 35.5. The lowest BCUT2D eigenvalue weighted by Gasteiger charge is -2.35. The number of aromatic nitrogens is 2. The van der Waals surface area contributed by atoms with Crippen LogP contribution in [-0.4, -0.2) is 59.0 Å². The summed E-state index contributed by atoms with van der Waals surface area (Å²) in [5.74, 6) is -0.115. The van der Waals surface area contributed by atoms with Crippen LogP contribution in [0.3, 0.4) is 0 Å². The number of hydrogen-bond donors (Lipinski definition) is 0. The highest BCUT2D eigenvalue weighted by Crippen LogP contribution is 2.13. The molecule has 0 aliphatic carbocycles. The van der Waals surface area contributed by atoms with E-state index in [1.165, 1.54) is 6.08 Å². The number of esters is 1. The van der Waals surface area contributed by atoms with Crippen molar-refractivity contribution in [3.05, 3.63) is 59.4 Å². The van der Waals surface area contributed by atoms with Crippen LogP contribution < -0.4 is 4.90 Å². The lowest BCUT2D eigenvalue weighted by molar-refractivity contribution is -0.155. The van der Waals surface area contributed by atoms with Crippen molar-refractivity contribution in [3.63, 3.8) is 0 Å². The number of hydrogen-bond acceptors (Lipinski definition) is 6. The first kappa shape index (κ1) is 19.8. The average molecular weight is 401 g/mol. The van der Waals surface area contributed by atoms with Gasteiger partial charge in [0.1, 0.15) is 0 Å². The summed E-state index contributed by atoms with van der Waals surface area (Å²) in [4.78, 5) is 36.7. The Balaban J connectivity index is 1.48. The predicted molar refractivity (Wildman–Crippen MR) is 107 cm³/mol. The number of anilines is 1. The van der Waals surface area contributed by atoms with Gasteiger partial charge in [0, 0.05) is 49.7 Å². The fraction of sp³-hybridized carbons (Fsp3) is 0.300. The van der Waals surface area contributed by atoms with Crippen molar-refractivity contribution in [1.82, 2.24) is 14.9 Å². The maximum atomic E-state index is 12.5. The maximum Gasteiger partial charge on any atom is 0.331 e. The van der Waals surface area contributed by atoms with Crippen molar-refractivity contribution >= 4 is 35.5 Å². The van der Waals surface area contributed by atoms with E-state index in [4.69, 9.17) is 16.3 Å². The van der Waals surface area contributed by atoms with Crippen LogP contribution in [0.2, 0.25) is 5.02 Å². The van der Waals surface area contributed by atoms with Gasteiger partial charge in [-0.15, -0.1) is 0 Å². The summed E-state index contributed by atoms with van der Waals surface area (Å²) >= 11 is 5.83. The number of ether oxygens (including phenoxy) is 1. The lowest BCUT2D eigenvalue weighted by Crippen LogP contribution is -2.52. The van der Waals surface area contributed by atoms with Gasteiger partial charge in [0.2, 0.25) is 5.95 Å². The Bertz CT molecular complexity index is 834. The highest BCUT2D eigenvalue weighted by Gasteiger charge is 2.27. The van der Waals surface area contributed by atoms with Gasteiger partial charge >= 0.3 is 5.97 Å². The molecule has 1 aromatic heterocycles. The largest absolute Gasteiger partial charge is 0.449 e. The van der Waals surface area contributed by atoms with E-state index in [1.807, 2.05) is 4.90 Å². The number of halogens is 1. The molecule has 7 nitrogen and oxygen atoms in total. The fourth-order valence-corrected chi connectivity index (χ4v) is 2.97. The number of rotatable bonds is 5. The van der Waals surface area contributed by atoms with Gasteiger partial charge in [-0.25, -0.2) is 14.8 Å². The van der Waals surface area contributed by atoms with Crippen molar-refractivity contribution in [1.29, 1.82) is 0 Å². The molecule has 0 N–H and O–H groups in total. The van der Waals surface area contributed by atoms with Crippen LogP contribution in [0.1, 0.15) is 12.5 Å². The van der Waals surface area contributed by atoms with E-state index in [2.05, 4.69) is 9.97 Å². The second-order valence-corrected chi connectivity index (χ2v) is 6.76. The van der Waals surface area contributed by atoms with Gasteiger partial charge in [0.15, 0.2) is 6.10 Å². The molecule has 1 aromatic carbocycles. The molecule has 1 atom stereocenters. The Morgan fingerprint density at radius 1 is 1.11 bits per heavy atom. The quantitative estimate of drug-likeness (QED) is 0.566. The summed E-state index contributed by atoms with van der Waals surface area (Å²) < 4.78 is 5.24. The molecule has 1 unspecified atom stereocenters. The van der Waals surface area contributed by atoms with Gasteiger partial charge in [0.25, 0.3) is 5.91 Å². The van der Waals surface area contributed by atoms with Gasteiger partial charge in [-0.1, -0.05) is 23.7 Å². The first-order chi connectivity index (χ1) is 13.5. The fourth-order valence-electron chi connectivity index (χ4n) is 2.84. The molecule has 2 heterocycles. The summed E-state index contributed by atoms with van der Waals surface area (Å²) in [6, 6.07) is 8.81. The SMILES string of the molecule is CC(OC(=O)/C=C/c1ccc(Cl)cc1)C(=O)N1CCN(c2ncccn2)CC1. The van der Waals surface area contributed by atoms with Crippen LogP contribution in [0, 0.1) is 0 Å². The number of carbonyl (C=O) groups excluding carboxylic acids is 2. The number of amides is 1. The van der Waals surface area contributed by atoms with Crippen molar-refractivity contribution < 1.29 is 14.3 Å². The molecule has 3 rings (SSSR count). The van der Waals surface area contributed by atoms with E-state index in [1.54, 1.807) is 60.6 Å². The van der Waals surface area contributed by atoms with Crippen molar-refractivity contribution in [2.45, 2.75) is 13.0 Å². The Hall–Kier alpha value is -2.93. The second kappa shape index (κ2) is 9.32. The van der Waals surface area contributed by atoms with Crippen LogP contribution in [0.25, 0.3) is 6.08 Å². The van der Waals surface area contributed by atoms with E-state index in [-0.39, 0.29) is 5.91 Å². The van der Waals surface area contributed by atoms with E-state index < -0.39 is 12.1 Å². The summed E-state index contributed by atoms with van der Waals surface area (Å²) in [7, 11) is 0. The lowest BCUT2D eigenvalue weighted by atomic mass is 10.2. The van der Waals surface area contributed by atoms with E-state index in [0.29, 0.717) is 37.1 Å². The number of carbonyl (C=O) groups is 2. The van der Waals surface area contributed by atoms with Crippen LogP contribution in [0.5, 0.6) is 0 Å². The Kier molecular flexibility index (Phi) is 6.60. The molecular formula is C20H21ClN4O3. The zero-order chi connectivity index (χ0) is 19.9. The normalized spacial score (nSPS) is 15.5. The minimum Gasteiger partial charge on any atom is -0.449 e. The minimum absolute atomic E-state index is 0.207. The van der Waals surface area contributed by atoms with Gasteiger partial charge in [-0.2, -0.15) is 0 Å². The predicted octanol–water partition coefficient (Wildman–Crippen LogP) is 2.42. The van der Waals surface area contributed by atoms with Crippen LogP contribution >= 0.6 is 11.6 Å². The molecule has 0 radical (unpaired) electrons. The smallest absolute Gasteiger partial charge is 0.331 e. The number of benzene rings is 1. The molecule has 8 heteroatoms. The molecule has 1 amide bonds. The highest BCUT2D eigenvalue weighted by molar-refractivity contribution is 6.30. The Labute approximate surface area is 168 Å². The monoisotopic (exact) mass is 400 g/mol. The molecular weight excluding hydrogens is 380 g/mol.